The Morgan fingerprint density at radius 1 is 1.22 bits per heavy atom. The van der Waals surface area contributed by atoms with Crippen LogP contribution in [0.3, 0.4) is 0 Å². The molecule has 3 rings (SSSR count). The molecule has 2 saturated carbocycles. The lowest BCUT2D eigenvalue weighted by atomic mass is 9.69. The molecule has 0 saturated heterocycles. The number of aromatic nitrogens is 1. The number of ether oxygens (including phenoxy) is 1. The summed E-state index contributed by atoms with van der Waals surface area (Å²) in [6.07, 6.45) is 3.32. The van der Waals surface area contributed by atoms with E-state index in [0.717, 1.165) is 12.8 Å². The van der Waals surface area contributed by atoms with Gasteiger partial charge in [-0.1, -0.05) is 20.8 Å². The number of fused-ring (bicyclic) bond motifs is 2. The van der Waals surface area contributed by atoms with Gasteiger partial charge in [0, 0.05) is 17.3 Å². The normalized spacial score (nSPS) is 28.2. The maximum atomic E-state index is 12.4. The SMILES string of the molecule is CC(=O)c1c(C)[nH]c(C(=O)OCC(=O)NC2CC3CCC2(C)C3(C)C)c1C. The van der Waals surface area contributed by atoms with Crippen LogP contribution in [-0.2, 0) is 9.53 Å². The molecule has 0 aliphatic heterocycles. The summed E-state index contributed by atoms with van der Waals surface area (Å²) in [4.78, 5) is 39.3. The highest BCUT2D eigenvalue weighted by Gasteiger charge is 2.61. The van der Waals surface area contributed by atoms with Crippen molar-refractivity contribution in [1.82, 2.24) is 10.3 Å². The van der Waals surface area contributed by atoms with E-state index in [2.05, 4.69) is 31.1 Å². The summed E-state index contributed by atoms with van der Waals surface area (Å²) in [5, 5.41) is 3.08. The molecule has 3 unspecified atom stereocenters. The topological polar surface area (TPSA) is 88.3 Å². The van der Waals surface area contributed by atoms with E-state index in [1.54, 1.807) is 13.8 Å². The number of Topliss-reactive ketones (excluding diaryl/α,β-unsaturated/α-hetero) is 1. The van der Waals surface area contributed by atoms with E-state index < -0.39 is 5.97 Å². The Morgan fingerprint density at radius 3 is 2.37 bits per heavy atom. The summed E-state index contributed by atoms with van der Waals surface area (Å²) in [6, 6.07) is 0.122. The molecule has 1 aromatic rings. The average Bonchev–Trinajstić information content (AvgIpc) is 3.06. The van der Waals surface area contributed by atoms with Gasteiger partial charge in [-0.05, 0) is 62.3 Å². The Labute approximate surface area is 160 Å². The zero-order valence-corrected chi connectivity index (χ0v) is 17.1. The van der Waals surface area contributed by atoms with Crippen molar-refractivity contribution in [2.24, 2.45) is 16.7 Å². The Bertz CT molecular complexity index is 807. The predicted molar refractivity (Wildman–Crippen MR) is 102 cm³/mol. The van der Waals surface area contributed by atoms with Gasteiger partial charge in [-0.3, -0.25) is 9.59 Å². The fourth-order valence-corrected chi connectivity index (χ4v) is 5.34. The fraction of sp³-hybridized carbons (Fsp3) is 0.667. The van der Waals surface area contributed by atoms with Gasteiger partial charge in [0.1, 0.15) is 5.69 Å². The van der Waals surface area contributed by atoms with Crippen molar-refractivity contribution in [1.29, 1.82) is 0 Å². The summed E-state index contributed by atoms with van der Waals surface area (Å²) >= 11 is 0. The van der Waals surface area contributed by atoms with Crippen LogP contribution < -0.4 is 5.32 Å². The minimum Gasteiger partial charge on any atom is -0.451 e. The standard InChI is InChI=1S/C21H30N2O4/c1-11-17(13(3)24)12(2)22-18(11)19(26)27-10-16(25)23-15-9-14-7-8-21(15,6)20(14,4)5/h14-15,22H,7-10H2,1-6H3,(H,23,25). The molecule has 6 heteroatoms. The third-order valence-corrected chi connectivity index (χ3v) is 7.46. The lowest BCUT2D eigenvalue weighted by molar-refractivity contribution is -0.126. The van der Waals surface area contributed by atoms with Gasteiger partial charge in [-0.25, -0.2) is 4.79 Å². The number of esters is 1. The summed E-state index contributed by atoms with van der Waals surface area (Å²) in [5.74, 6) is -0.363. The molecule has 3 atom stereocenters. The van der Waals surface area contributed by atoms with E-state index >= 15 is 0 Å². The number of H-pyrrole nitrogens is 1. The van der Waals surface area contributed by atoms with E-state index in [4.69, 9.17) is 4.74 Å². The fourth-order valence-electron chi connectivity index (χ4n) is 5.34. The van der Waals surface area contributed by atoms with Gasteiger partial charge in [0.15, 0.2) is 12.4 Å². The van der Waals surface area contributed by atoms with Gasteiger partial charge in [-0.15, -0.1) is 0 Å². The van der Waals surface area contributed by atoms with E-state index in [1.807, 2.05) is 0 Å². The molecule has 2 aliphatic rings. The molecule has 148 valence electrons. The van der Waals surface area contributed by atoms with Crippen molar-refractivity contribution < 1.29 is 19.1 Å². The maximum absolute atomic E-state index is 12.4. The van der Waals surface area contributed by atoms with Crippen molar-refractivity contribution in [2.75, 3.05) is 6.61 Å². The number of nitrogens with one attached hydrogen (secondary N) is 2. The second-order valence-electron chi connectivity index (χ2n) is 8.99. The number of ketones is 1. The minimum absolute atomic E-state index is 0.0842. The van der Waals surface area contributed by atoms with Crippen molar-refractivity contribution in [2.45, 2.75) is 66.8 Å². The van der Waals surface area contributed by atoms with Gasteiger partial charge in [0.2, 0.25) is 0 Å². The largest absolute Gasteiger partial charge is 0.451 e. The smallest absolute Gasteiger partial charge is 0.355 e. The van der Waals surface area contributed by atoms with Crippen LogP contribution in [0.2, 0.25) is 0 Å². The van der Waals surface area contributed by atoms with Crippen LogP contribution in [0.4, 0.5) is 0 Å². The molecule has 1 aromatic heterocycles. The zero-order valence-electron chi connectivity index (χ0n) is 17.1. The van der Waals surface area contributed by atoms with E-state index in [0.29, 0.717) is 22.7 Å². The molecule has 0 spiro atoms. The van der Waals surface area contributed by atoms with Crippen molar-refractivity contribution in [3.05, 3.63) is 22.5 Å². The van der Waals surface area contributed by atoms with Crippen molar-refractivity contribution in [3.8, 4) is 0 Å². The highest BCUT2D eigenvalue weighted by molar-refractivity contribution is 6.01. The molecule has 0 radical (unpaired) electrons. The molecule has 27 heavy (non-hydrogen) atoms. The molecular weight excluding hydrogens is 344 g/mol. The van der Waals surface area contributed by atoms with Crippen LogP contribution in [0, 0.1) is 30.6 Å². The van der Waals surface area contributed by atoms with Gasteiger partial charge >= 0.3 is 5.97 Å². The van der Waals surface area contributed by atoms with Crippen LogP contribution in [0.1, 0.15) is 79.1 Å². The summed E-state index contributed by atoms with van der Waals surface area (Å²) in [5.41, 5.74) is 2.23. The Kier molecular flexibility index (Phi) is 4.73. The van der Waals surface area contributed by atoms with E-state index in [1.165, 1.54) is 13.3 Å². The molecule has 1 heterocycles. The summed E-state index contributed by atoms with van der Waals surface area (Å²) < 4.78 is 5.20. The number of hydrogen-bond acceptors (Lipinski definition) is 4. The zero-order chi connectivity index (χ0) is 20.1. The Hall–Kier alpha value is -2.11. The molecule has 2 fully saturated rings. The third kappa shape index (κ3) is 2.99. The van der Waals surface area contributed by atoms with Gasteiger partial charge in [0.05, 0.1) is 0 Å². The average molecular weight is 374 g/mol. The minimum atomic E-state index is -0.613. The Morgan fingerprint density at radius 2 is 1.89 bits per heavy atom. The number of rotatable bonds is 5. The first-order chi connectivity index (χ1) is 12.5. The molecule has 2 N–H and O–H groups in total. The molecule has 6 nitrogen and oxygen atoms in total. The van der Waals surface area contributed by atoms with Crippen LogP contribution in [0.15, 0.2) is 0 Å². The number of aromatic amines is 1. The first-order valence-electron chi connectivity index (χ1n) is 9.65. The highest BCUT2D eigenvalue weighted by Crippen LogP contribution is 2.65. The lowest BCUT2D eigenvalue weighted by Gasteiger charge is -2.39. The quantitative estimate of drug-likeness (QED) is 0.611. The second-order valence-corrected chi connectivity index (χ2v) is 8.99. The molecular formula is C21H30N2O4. The molecule has 0 aromatic carbocycles. The van der Waals surface area contributed by atoms with Crippen LogP contribution >= 0.6 is 0 Å². The molecule has 2 bridgehead atoms. The maximum Gasteiger partial charge on any atom is 0.355 e. The van der Waals surface area contributed by atoms with Gasteiger partial charge < -0.3 is 15.0 Å². The van der Waals surface area contributed by atoms with E-state index in [9.17, 15) is 14.4 Å². The lowest BCUT2D eigenvalue weighted by Crippen LogP contribution is -2.48. The monoisotopic (exact) mass is 374 g/mol. The number of aryl methyl sites for hydroxylation is 1. The molecule has 1 amide bonds. The summed E-state index contributed by atoms with van der Waals surface area (Å²) in [6.45, 7) is 11.4. The first-order valence-corrected chi connectivity index (χ1v) is 9.65. The molecule has 2 aliphatic carbocycles. The van der Waals surface area contributed by atoms with E-state index in [-0.39, 0.29) is 40.9 Å². The van der Waals surface area contributed by atoms with Crippen LogP contribution in [-0.4, -0.2) is 35.3 Å². The highest BCUT2D eigenvalue weighted by atomic mass is 16.5. The van der Waals surface area contributed by atoms with Gasteiger partial charge in [-0.2, -0.15) is 0 Å². The van der Waals surface area contributed by atoms with Gasteiger partial charge in [0.25, 0.3) is 5.91 Å². The van der Waals surface area contributed by atoms with Crippen LogP contribution in [0.5, 0.6) is 0 Å². The number of hydrogen-bond donors (Lipinski definition) is 2. The third-order valence-electron chi connectivity index (χ3n) is 7.46. The predicted octanol–water partition coefficient (Wildman–Crippen LogP) is 3.32. The second kappa shape index (κ2) is 6.50. The number of carbonyl (C=O) groups is 3. The first kappa shape index (κ1) is 19.6. The van der Waals surface area contributed by atoms with Crippen molar-refractivity contribution >= 4 is 17.7 Å². The number of amides is 1. The van der Waals surface area contributed by atoms with Crippen LogP contribution in [0.25, 0.3) is 0 Å². The Balaban J connectivity index is 1.60. The number of carbonyl (C=O) groups excluding carboxylic acids is 3. The van der Waals surface area contributed by atoms with Crippen molar-refractivity contribution in [3.63, 3.8) is 0 Å². The summed E-state index contributed by atoms with van der Waals surface area (Å²) in [7, 11) is 0.